The molecule has 0 radical (unpaired) electrons. The van der Waals surface area contributed by atoms with Gasteiger partial charge < -0.3 is 5.32 Å². The molecule has 0 aromatic heterocycles. The fraction of sp³-hybridized carbons (Fsp3) is 1.00. The van der Waals surface area contributed by atoms with Gasteiger partial charge in [0.05, 0.1) is 0 Å². The number of hydrogen-bond acceptors (Lipinski definition) is 2. The molecule has 2 heteroatoms. The lowest BCUT2D eigenvalue weighted by Gasteiger charge is -2.46. The Bertz CT molecular complexity index is 211. The maximum absolute atomic E-state index is 3.78. The lowest BCUT2D eigenvalue weighted by Crippen LogP contribution is -2.63. The molecule has 18 heavy (non-hydrogen) atoms. The number of hydrogen-bond donors (Lipinski definition) is 1. The highest BCUT2D eigenvalue weighted by Crippen LogP contribution is 2.23. The lowest BCUT2D eigenvalue weighted by atomic mass is 9.88. The Morgan fingerprint density at radius 2 is 1.72 bits per heavy atom. The first-order chi connectivity index (χ1) is 8.67. The Kier molecular flexibility index (Phi) is 7.25. The van der Waals surface area contributed by atoms with Crippen LogP contribution < -0.4 is 5.32 Å². The maximum Gasteiger partial charge on any atom is 0.0304 e. The average Bonchev–Trinajstić information content (AvgIpc) is 2.41. The molecule has 0 saturated carbocycles. The van der Waals surface area contributed by atoms with Crippen LogP contribution in [0.1, 0.15) is 72.6 Å². The van der Waals surface area contributed by atoms with Crippen molar-refractivity contribution in [1.29, 1.82) is 0 Å². The Balaban J connectivity index is 2.33. The largest absolute Gasteiger partial charge is 0.308 e. The summed E-state index contributed by atoms with van der Waals surface area (Å²) >= 11 is 0. The van der Waals surface area contributed by atoms with Crippen LogP contribution in [0, 0.1) is 0 Å². The summed E-state index contributed by atoms with van der Waals surface area (Å²) in [6, 6.07) is 0.711. The molecule has 1 saturated heterocycles. The van der Waals surface area contributed by atoms with Crippen molar-refractivity contribution < 1.29 is 0 Å². The molecule has 0 bridgehead atoms. The van der Waals surface area contributed by atoms with Crippen molar-refractivity contribution in [3.8, 4) is 0 Å². The molecule has 1 atom stereocenters. The van der Waals surface area contributed by atoms with Crippen LogP contribution in [0.25, 0.3) is 0 Å². The van der Waals surface area contributed by atoms with Gasteiger partial charge in [-0.2, -0.15) is 0 Å². The van der Waals surface area contributed by atoms with E-state index in [1.807, 2.05) is 0 Å². The minimum Gasteiger partial charge on any atom is -0.308 e. The normalized spacial score (nSPS) is 24.3. The van der Waals surface area contributed by atoms with E-state index in [4.69, 9.17) is 0 Å². The third-order valence-electron chi connectivity index (χ3n) is 4.80. The quantitative estimate of drug-likeness (QED) is 0.663. The van der Waals surface area contributed by atoms with E-state index in [9.17, 15) is 0 Å². The van der Waals surface area contributed by atoms with Crippen LogP contribution in [0.3, 0.4) is 0 Å². The minimum absolute atomic E-state index is 0.385. The van der Waals surface area contributed by atoms with E-state index in [0.29, 0.717) is 11.6 Å². The van der Waals surface area contributed by atoms with Gasteiger partial charge in [0, 0.05) is 24.7 Å². The van der Waals surface area contributed by atoms with E-state index >= 15 is 0 Å². The van der Waals surface area contributed by atoms with Crippen LogP contribution in [-0.4, -0.2) is 36.1 Å². The molecule has 0 aromatic rings. The van der Waals surface area contributed by atoms with Crippen molar-refractivity contribution >= 4 is 0 Å². The van der Waals surface area contributed by atoms with E-state index in [1.54, 1.807) is 0 Å². The maximum atomic E-state index is 3.78. The van der Waals surface area contributed by atoms with Gasteiger partial charge >= 0.3 is 0 Å². The SMILES string of the molecule is CCCCCCCN1CC(CC)(CC)NCC1C. The molecule has 1 heterocycles. The van der Waals surface area contributed by atoms with Gasteiger partial charge in [-0.05, 0) is 32.7 Å². The van der Waals surface area contributed by atoms with Crippen molar-refractivity contribution in [2.45, 2.75) is 84.2 Å². The molecule has 0 aromatic carbocycles. The summed E-state index contributed by atoms with van der Waals surface area (Å²) in [4.78, 5) is 2.72. The second kappa shape index (κ2) is 8.16. The van der Waals surface area contributed by atoms with Gasteiger partial charge in [0.15, 0.2) is 0 Å². The number of unbranched alkanes of at least 4 members (excludes halogenated alkanes) is 4. The molecule has 1 N–H and O–H groups in total. The molecule has 108 valence electrons. The van der Waals surface area contributed by atoms with E-state index in [2.05, 4.69) is 37.9 Å². The Morgan fingerprint density at radius 3 is 2.33 bits per heavy atom. The Hall–Kier alpha value is -0.0800. The smallest absolute Gasteiger partial charge is 0.0304 e. The Labute approximate surface area is 115 Å². The summed E-state index contributed by atoms with van der Waals surface area (Å²) in [7, 11) is 0. The third-order valence-corrected chi connectivity index (χ3v) is 4.80. The fourth-order valence-corrected chi connectivity index (χ4v) is 3.04. The van der Waals surface area contributed by atoms with E-state index in [1.165, 1.54) is 58.0 Å². The van der Waals surface area contributed by atoms with Crippen molar-refractivity contribution in [3.63, 3.8) is 0 Å². The molecule has 1 unspecified atom stereocenters. The first kappa shape index (κ1) is 16.0. The number of nitrogens with zero attached hydrogens (tertiary/aromatic N) is 1. The predicted octanol–water partition coefficient (Wildman–Crippen LogP) is 3.81. The van der Waals surface area contributed by atoms with Gasteiger partial charge in [0.2, 0.25) is 0 Å². The van der Waals surface area contributed by atoms with E-state index < -0.39 is 0 Å². The molecule has 1 rings (SSSR count). The van der Waals surface area contributed by atoms with Crippen LogP contribution >= 0.6 is 0 Å². The molecule has 0 amide bonds. The minimum atomic E-state index is 0.385. The summed E-state index contributed by atoms with van der Waals surface area (Å²) in [5.74, 6) is 0. The summed E-state index contributed by atoms with van der Waals surface area (Å²) in [5, 5.41) is 3.78. The first-order valence-corrected chi connectivity index (χ1v) is 8.16. The van der Waals surface area contributed by atoms with Crippen LogP contribution in [0.2, 0.25) is 0 Å². The van der Waals surface area contributed by atoms with Gasteiger partial charge in [-0.3, -0.25) is 4.90 Å². The van der Waals surface area contributed by atoms with Crippen LogP contribution in [-0.2, 0) is 0 Å². The number of rotatable bonds is 8. The summed E-state index contributed by atoms with van der Waals surface area (Å²) in [5.41, 5.74) is 0.385. The molecule has 0 aliphatic carbocycles. The van der Waals surface area contributed by atoms with Gasteiger partial charge in [0.25, 0.3) is 0 Å². The molecule has 1 aliphatic rings. The highest BCUT2D eigenvalue weighted by atomic mass is 15.2. The number of nitrogens with one attached hydrogen (secondary N) is 1. The van der Waals surface area contributed by atoms with Gasteiger partial charge in [-0.15, -0.1) is 0 Å². The van der Waals surface area contributed by atoms with Gasteiger partial charge in [-0.25, -0.2) is 0 Å². The second-order valence-electron chi connectivity index (χ2n) is 6.10. The molecular formula is C16H34N2. The molecule has 2 nitrogen and oxygen atoms in total. The standard InChI is InChI=1S/C16H34N2/c1-5-8-9-10-11-12-18-14-16(6-2,7-3)17-13-15(18)4/h15,17H,5-14H2,1-4H3. The van der Waals surface area contributed by atoms with Crippen LogP contribution in [0.4, 0.5) is 0 Å². The second-order valence-corrected chi connectivity index (χ2v) is 6.10. The van der Waals surface area contributed by atoms with Crippen molar-refractivity contribution in [3.05, 3.63) is 0 Å². The molecule has 1 fully saturated rings. The van der Waals surface area contributed by atoms with Gasteiger partial charge in [-0.1, -0.05) is 46.5 Å². The van der Waals surface area contributed by atoms with Crippen molar-refractivity contribution in [2.24, 2.45) is 0 Å². The van der Waals surface area contributed by atoms with Gasteiger partial charge in [0.1, 0.15) is 0 Å². The lowest BCUT2D eigenvalue weighted by molar-refractivity contribution is 0.0792. The summed E-state index contributed by atoms with van der Waals surface area (Å²) in [6.45, 7) is 13.0. The topological polar surface area (TPSA) is 15.3 Å². The van der Waals surface area contributed by atoms with Crippen LogP contribution in [0.5, 0.6) is 0 Å². The summed E-state index contributed by atoms with van der Waals surface area (Å²) < 4.78 is 0. The fourth-order valence-electron chi connectivity index (χ4n) is 3.04. The predicted molar refractivity (Wildman–Crippen MR) is 81.1 cm³/mol. The zero-order valence-corrected chi connectivity index (χ0v) is 13.1. The Morgan fingerprint density at radius 1 is 1.06 bits per heavy atom. The van der Waals surface area contributed by atoms with E-state index in [0.717, 1.165) is 6.54 Å². The molecule has 0 spiro atoms. The van der Waals surface area contributed by atoms with Crippen molar-refractivity contribution in [1.82, 2.24) is 10.2 Å². The highest BCUT2D eigenvalue weighted by molar-refractivity contribution is 4.95. The monoisotopic (exact) mass is 254 g/mol. The molecule has 1 aliphatic heterocycles. The molecular weight excluding hydrogens is 220 g/mol. The third kappa shape index (κ3) is 4.55. The average molecular weight is 254 g/mol. The highest BCUT2D eigenvalue weighted by Gasteiger charge is 2.34. The number of piperazine rings is 1. The van der Waals surface area contributed by atoms with Crippen molar-refractivity contribution in [2.75, 3.05) is 19.6 Å². The summed E-state index contributed by atoms with van der Waals surface area (Å²) in [6.07, 6.45) is 9.47. The van der Waals surface area contributed by atoms with Crippen LogP contribution in [0.15, 0.2) is 0 Å². The van der Waals surface area contributed by atoms with E-state index in [-0.39, 0.29) is 0 Å². The zero-order valence-electron chi connectivity index (χ0n) is 13.1. The first-order valence-electron chi connectivity index (χ1n) is 8.16. The zero-order chi connectivity index (χ0) is 13.4.